The number of ether oxygens (including phenoxy) is 1. The zero-order valence-corrected chi connectivity index (χ0v) is 8.42. The summed E-state index contributed by atoms with van der Waals surface area (Å²) in [5, 5.41) is 9.76. The van der Waals surface area contributed by atoms with Crippen LogP contribution in [0.3, 0.4) is 0 Å². The van der Waals surface area contributed by atoms with Gasteiger partial charge in [0, 0.05) is 17.1 Å². The minimum Gasteiger partial charge on any atom is -0.434 e. The first kappa shape index (κ1) is 12.2. The molecule has 0 aliphatic rings. The van der Waals surface area contributed by atoms with E-state index in [2.05, 4.69) is 4.74 Å². The fourth-order valence-corrected chi connectivity index (χ4v) is 1.29. The van der Waals surface area contributed by atoms with E-state index in [-0.39, 0.29) is 17.9 Å². The second kappa shape index (κ2) is 5.25. The van der Waals surface area contributed by atoms with Crippen LogP contribution in [0.4, 0.5) is 8.78 Å². The summed E-state index contributed by atoms with van der Waals surface area (Å²) in [7, 11) is 0. The molecule has 1 aromatic carbocycles. The fraction of sp³-hybridized carbons (Fsp3) is 0.333. The molecule has 15 heavy (non-hydrogen) atoms. The van der Waals surface area contributed by atoms with Crippen LogP contribution in [0, 0.1) is 0 Å². The van der Waals surface area contributed by atoms with Crippen molar-refractivity contribution in [2.45, 2.75) is 12.7 Å². The summed E-state index contributed by atoms with van der Waals surface area (Å²) in [5.41, 5.74) is 5.38. The summed E-state index contributed by atoms with van der Waals surface area (Å²) in [6.45, 7) is -3.05. The predicted octanol–water partition coefficient (Wildman–Crippen LogP) is 1.93. The lowest BCUT2D eigenvalue weighted by atomic mass is 10.1. The van der Waals surface area contributed by atoms with E-state index in [1.807, 2.05) is 0 Å². The van der Waals surface area contributed by atoms with Crippen LogP contribution >= 0.6 is 11.6 Å². The van der Waals surface area contributed by atoms with E-state index in [0.29, 0.717) is 5.02 Å². The predicted molar refractivity (Wildman–Crippen MR) is 52.1 cm³/mol. The van der Waals surface area contributed by atoms with Gasteiger partial charge in [-0.25, -0.2) is 0 Å². The van der Waals surface area contributed by atoms with Crippen molar-refractivity contribution in [3.8, 4) is 5.75 Å². The number of halogens is 3. The van der Waals surface area contributed by atoms with Gasteiger partial charge in [-0.2, -0.15) is 8.78 Å². The van der Waals surface area contributed by atoms with Crippen LogP contribution in [-0.4, -0.2) is 18.3 Å². The Labute approximate surface area is 90.4 Å². The third-order valence-corrected chi connectivity index (χ3v) is 2.01. The summed E-state index contributed by atoms with van der Waals surface area (Å²) in [5.74, 6) is -0.118. The molecule has 1 rings (SSSR count). The summed E-state index contributed by atoms with van der Waals surface area (Å²) in [6.07, 6.45) is -1.07. The third-order valence-electron chi connectivity index (χ3n) is 1.77. The van der Waals surface area contributed by atoms with Crippen molar-refractivity contribution in [1.29, 1.82) is 0 Å². The normalized spacial score (nSPS) is 12.9. The maximum Gasteiger partial charge on any atom is 0.387 e. The van der Waals surface area contributed by atoms with Gasteiger partial charge in [0.2, 0.25) is 0 Å². The zero-order chi connectivity index (χ0) is 11.4. The van der Waals surface area contributed by atoms with Crippen LogP contribution in [0.1, 0.15) is 11.7 Å². The molecular weight excluding hydrogens is 228 g/mol. The first-order valence-electron chi connectivity index (χ1n) is 4.17. The number of aliphatic hydroxyl groups is 1. The number of nitrogens with two attached hydrogens (primary N) is 1. The van der Waals surface area contributed by atoms with E-state index in [0.717, 1.165) is 0 Å². The van der Waals surface area contributed by atoms with E-state index in [1.165, 1.54) is 18.2 Å². The van der Waals surface area contributed by atoms with Gasteiger partial charge < -0.3 is 15.6 Å². The lowest BCUT2D eigenvalue weighted by Gasteiger charge is -2.14. The molecule has 0 amide bonds. The number of benzene rings is 1. The molecule has 0 radical (unpaired) electrons. The van der Waals surface area contributed by atoms with E-state index < -0.39 is 12.7 Å². The number of alkyl halides is 2. The van der Waals surface area contributed by atoms with Crippen LogP contribution in [0.2, 0.25) is 5.02 Å². The van der Waals surface area contributed by atoms with Crippen molar-refractivity contribution in [2.75, 3.05) is 6.54 Å². The van der Waals surface area contributed by atoms with Gasteiger partial charge in [0.15, 0.2) is 0 Å². The first-order chi connectivity index (χ1) is 7.04. The Hall–Kier alpha value is -0.910. The Balaban J connectivity index is 3.02. The number of hydrogen-bond donors (Lipinski definition) is 2. The average molecular weight is 238 g/mol. The lowest BCUT2D eigenvalue weighted by Crippen LogP contribution is -2.14. The second-order valence-corrected chi connectivity index (χ2v) is 3.25. The SMILES string of the molecule is NCC(O)c1cc(Cl)ccc1OC(F)F. The molecule has 6 heteroatoms. The number of aliphatic hydroxyl groups excluding tert-OH is 1. The van der Waals surface area contributed by atoms with E-state index in [9.17, 15) is 13.9 Å². The summed E-state index contributed by atoms with van der Waals surface area (Å²) in [4.78, 5) is 0. The molecule has 0 fully saturated rings. The minimum absolute atomic E-state index is 0.0973. The molecule has 0 bridgehead atoms. The van der Waals surface area contributed by atoms with Crippen LogP contribution in [0.25, 0.3) is 0 Å². The second-order valence-electron chi connectivity index (χ2n) is 2.81. The van der Waals surface area contributed by atoms with E-state index in [1.54, 1.807) is 0 Å². The highest BCUT2D eigenvalue weighted by atomic mass is 35.5. The van der Waals surface area contributed by atoms with Crippen LogP contribution in [0.5, 0.6) is 5.75 Å². The van der Waals surface area contributed by atoms with Gasteiger partial charge in [-0.1, -0.05) is 11.6 Å². The van der Waals surface area contributed by atoms with Gasteiger partial charge in [0.25, 0.3) is 0 Å². The largest absolute Gasteiger partial charge is 0.434 e. The van der Waals surface area contributed by atoms with Crippen LogP contribution < -0.4 is 10.5 Å². The molecule has 1 aromatic rings. The highest BCUT2D eigenvalue weighted by Crippen LogP contribution is 2.29. The van der Waals surface area contributed by atoms with E-state index in [4.69, 9.17) is 17.3 Å². The molecule has 1 unspecified atom stereocenters. The van der Waals surface area contributed by atoms with Crippen LogP contribution in [-0.2, 0) is 0 Å². The monoisotopic (exact) mass is 237 g/mol. The van der Waals surface area contributed by atoms with Gasteiger partial charge in [-0.05, 0) is 18.2 Å². The van der Waals surface area contributed by atoms with Crippen molar-refractivity contribution in [3.63, 3.8) is 0 Å². The minimum atomic E-state index is -2.95. The summed E-state index contributed by atoms with van der Waals surface area (Å²) >= 11 is 5.66. The quantitative estimate of drug-likeness (QED) is 0.841. The molecule has 0 saturated heterocycles. The molecule has 0 aromatic heterocycles. The Bertz CT molecular complexity index is 336. The molecule has 3 N–H and O–H groups in total. The first-order valence-corrected chi connectivity index (χ1v) is 4.54. The van der Waals surface area contributed by atoms with Gasteiger partial charge in [-0.15, -0.1) is 0 Å². The molecule has 1 atom stereocenters. The Morgan fingerprint density at radius 3 is 2.67 bits per heavy atom. The highest BCUT2D eigenvalue weighted by molar-refractivity contribution is 6.30. The summed E-state index contributed by atoms with van der Waals surface area (Å²) < 4.78 is 28.2. The van der Waals surface area contributed by atoms with Gasteiger partial charge >= 0.3 is 6.61 Å². The number of rotatable bonds is 4. The van der Waals surface area contributed by atoms with Gasteiger partial charge in [0.1, 0.15) is 5.75 Å². The van der Waals surface area contributed by atoms with Crippen molar-refractivity contribution < 1.29 is 18.6 Å². The molecule has 3 nitrogen and oxygen atoms in total. The molecule has 0 aliphatic carbocycles. The van der Waals surface area contributed by atoms with Crippen LogP contribution in [0.15, 0.2) is 18.2 Å². The molecule has 0 spiro atoms. The molecule has 0 aliphatic heterocycles. The Kier molecular flexibility index (Phi) is 4.26. The van der Waals surface area contributed by atoms with Gasteiger partial charge in [-0.3, -0.25) is 0 Å². The Morgan fingerprint density at radius 2 is 2.13 bits per heavy atom. The molecule has 84 valence electrons. The third kappa shape index (κ3) is 3.30. The molecule has 0 heterocycles. The van der Waals surface area contributed by atoms with Crippen molar-refractivity contribution >= 4 is 11.6 Å². The van der Waals surface area contributed by atoms with Gasteiger partial charge in [0.05, 0.1) is 6.10 Å². The smallest absolute Gasteiger partial charge is 0.387 e. The van der Waals surface area contributed by atoms with Crippen molar-refractivity contribution in [1.82, 2.24) is 0 Å². The van der Waals surface area contributed by atoms with E-state index >= 15 is 0 Å². The average Bonchev–Trinajstić information content (AvgIpc) is 2.19. The standard InChI is InChI=1S/C9H10ClF2NO2/c10-5-1-2-8(15-9(11)12)6(3-5)7(14)4-13/h1-3,7,9,14H,4,13H2. The zero-order valence-electron chi connectivity index (χ0n) is 7.66. The molecular formula is C9H10ClF2NO2. The van der Waals surface area contributed by atoms with Crippen molar-refractivity contribution in [2.24, 2.45) is 5.73 Å². The number of hydrogen-bond acceptors (Lipinski definition) is 3. The highest BCUT2D eigenvalue weighted by Gasteiger charge is 2.15. The van der Waals surface area contributed by atoms with Crippen molar-refractivity contribution in [3.05, 3.63) is 28.8 Å². The Morgan fingerprint density at radius 1 is 1.47 bits per heavy atom. The maximum absolute atomic E-state index is 12.0. The fourth-order valence-electron chi connectivity index (χ4n) is 1.11. The topological polar surface area (TPSA) is 55.5 Å². The lowest BCUT2D eigenvalue weighted by molar-refractivity contribution is -0.0514. The maximum atomic E-state index is 12.0. The molecule has 0 saturated carbocycles. The summed E-state index contributed by atoms with van der Waals surface area (Å²) in [6, 6.07) is 4.01.